The van der Waals surface area contributed by atoms with E-state index < -0.39 is 5.92 Å². The second-order valence-electron chi connectivity index (χ2n) is 5.27. The molecule has 0 radical (unpaired) electrons. The van der Waals surface area contributed by atoms with Crippen LogP contribution in [0.3, 0.4) is 0 Å². The van der Waals surface area contributed by atoms with Crippen molar-refractivity contribution >= 4 is 33.6 Å². The maximum Gasteiger partial charge on any atom is 0.235 e. The molecule has 5 heteroatoms. The summed E-state index contributed by atoms with van der Waals surface area (Å²) in [5, 5.41) is 9.40. The summed E-state index contributed by atoms with van der Waals surface area (Å²) in [6.45, 7) is 0. The molecule has 2 heterocycles. The summed E-state index contributed by atoms with van der Waals surface area (Å²) in [5.41, 5.74) is 1.27. The molecular formula is C16H12N2O3. The largest absolute Gasteiger partial charge is 0.356 e. The Hall–Kier alpha value is -2.69. The SMILES string of the molecule is O=C1CC[C@@H](c2noc3cc4ccccc4cc23)C(=O)N1. The van der Waals surface area contributed by atoms with Crippen LogP contribution in [-0.4, -0.2) is 17.0 Å². The molecule has 0 bridgehead atoms. The monoisotopic (exact) mass is 280 g/mol. The van der Waals surface area contributed by atoms with Crippen LogP contribution in [-0.2, 0) is 9.59 Å². The topological polar surface area (TPSA) is 72.2 Å². The molecule has 1 aliphatic heterocycles. The summed E-state index contributed by atoms with van der Waals surface area (Å²) in [6, 6.07) is 11.9. The number of piperidine rings is 1. The van der Waals surface area contributed by atoms with Crippen LogP contribution in [0.4, 0.5) is 0 Å². The molecule has 0 aliphatic carbocycles. The van der Waals surface area contributed by atoms with Gasteiger partial charge in [-0.15, -0.1) is 0 Å². The van der Waals surface area contributed by atoms with Gasteiger partial charge in [0.2, 0.25) is 11.8 Å². The minimum absolute atomic E-state index is 0.227. The van der Waals surface area contributed by atoms with Crippen LogP contribution in [0.2, 0.25) is 0 Å². The van der Waals surface area contributed by atoms with Gasteiger partial charge < -0.3 is 4.52 Å². The molecule has 1 atom stereocenters. The van der Waals surface area contributed by atoms with Crippen molar-refractivity contribution in [3.05, 3.63) is 42.1 Å². The molecule has 4 rings (SSSR count). The molecule has 2 aromatic carbocycles. The summed E-state index contributed by atoms with van der Waals surface area (Å²) >= 11 is 0. The molecule has 0 spiro atoms. The Bertz CT molecular complexity index is 881. The van der Waals surface area contributed by atoms with Gasteiger partial charge in [0, 0.05) is 11.8 Å². The lowest BCUT2D eigenvalue weighted by Crippen LogP contribution is -2.39. The van der Waals surface area contributed by atoms with Gasteiger partial charge in [-0.1, -0.05) is 29.4 Å². The first-order chi connectivity index (χ1) is 10.2. The quantitative estimate of drug-likeness (QED) is 0.695. The molecule has 1 saturated heterocycles. The van der Waals surface area contributed by atoms with Crippen molar-refractivity contribution in [2.24, 2.45) is 0 Å². The molecular weight excluding hydrogens is 268 g/mol. The highest BCUT2D eigenvalue weighted by Crippen LogP contribution is 2.32. The van der Waals surface area contributed by atoms with Gasteiger partial charge >= 0.3 is 0 Å². The smallest absolute Gasteiger partial charge is 0.235 e. The Kier molecular flexibility index (Phi) is 2.54. The van der Waals surface area contributed by atoms with Crippen LogP contribution in [0.5, 0.6) is 0 Å². The van der Waals surface area contributed by atoms with Crippen molar-refractivity contribution < 1.29 is 14.1 Å². The number of carbonyl (C=O) groups is 2. The number of nitrogens with zero attached hydrogens (tertiary/aromatic N) is 1. The third-order valence-electron chi connectivity index (χ3n) is 3.94. The fourth-order valence-electron chi connectivity index (χ4n) is 2.85. The number of hydrogen-bond donors (Lipinski definition) is 1. The maximum absolute atomic E-state index is 12.0. The minimum Gasteiger partial charge on any atom is -0.356 e. The van der Waals surface area contributed by atoms with Gasteiger partial charge in [0.15, 0.2) is 5.58 Å². The fraction of sp³-hybridized carbons (Fsp3) is 0.188. The summed E-state index contributed by atoms with van der Waals surface area (Å²) in [5.74, 6) is -0.950. The van der Waals surface area contributed by atoms with E-state index >= 15 is 0 Å². The molecule has 104 valence electrons. The van der Waals surface area contributed by atoms with E-state index in [0.717, 1.165) is 16.2 Å². The highest BCUT2D eigenvalue weighted by Gasteiger charge is 2.31. The Labute approximate surface area is 119 Å². The first kappa shape index (κ1) is 12.1. The molecule has 21 heavy (non-hydrogen) atoms. The molecule has 5 nitrogen and oxygen atoms in total. The van der Waals surface area contributed by atoms with Gasteiger partial charge in [-0.2, -0.15) is 0 Å². The average Bonchev–Trinajstić information content (AvgIpc) is 2.88. The second-order valence-corrected chi connectivity index (χ2v) is 5.27. The highest BCUT2D eigenvalue weighted by atomic mass is 16.5. The van der Waals surface area contributed by atoms with Crippen molar-refractivity contribution in [2.45, 2.75) is 18.8 Å². The normalized spacial score (nSPS) is 19.1. The van der Waals surface area contributed by atoms with Crippen molar-refractivity contribution in [2.75, 3.05) is 0 Å². The molecule has 1 fully saturated rings. The van der Waals surface area contributed by atoms with Crippen LogP contribution in [0.15, 0.2) is 40.9 Å². The Balaban J connectivity index is 1.87. The average molecular weight is 280 g/mol. The molecule has 1 N–H and O–H groups in total. The standard InChI is InChI=1S/C16H12N2O3/c19-14-6-5-11(16(20)17-14)15-12-7-9-3-1-2-4-10(9)8-13(12)21-18-15/h1-4,7-8,11H,5-6H2,(H,17,19,20)/t11-/m0/s1. The summed E-state index contributed by atoms with van der Waals surface area (Å²) in [6.07, 6.45) is 0.803. The molecule has 2 amide bonds. The number of imide groups is 1. The lowest BCUT2D eigenvalue weighted by molar-refractivity contribution is -0.134. The van der Waals surface area contributed by atoms with E-state index in [1.807, 2.05) is 36.4 Å². The van der Waals surface area contributed by atoms with E-state index in [1.54, 1.807) is 0 Å². The van der Waals surface area contributed by atoms with E-state index in [-0.39, 0.29) is 11.8 Å². The maximum atomic E-state index is 12.0. The third-order valence-corrected chi connectivity index (χ3v) is 3.94. The van der Waals surface area contributed by atoms with Gasteiger partial charge in [0.1, 0.15) is 5.69 Å². The number of aromatic nitrogens is 1. The van der Waals surface area contributed by atoms with Gasteiger partial charge in [-0.05, 0) is 29.3 Å². The lowest BCUT2D eigenvalue weighted by Gasteiger charge is -2.18. The first-order valence-corrected chi connectivity index (χ1v) is 6.84. The van der Waals surface area contributed by atoms with Crippen LogP contribution in [0.1, 0.15) is 24.5 Å². The van der Waals surface area contributed by atoms with Gasteiger partial charge in [-0.3, -0.25) is 14.9 Å². The number of carbonyl (C=O) groups excluding carboxylic acids is 2. The fourth-order valence-corrected chi connectivity index (χ4v) is 2.85. The number of benzene rings is 2. The minimum atomic E-state index is -0.426. The number of nitrogens with one attached hydrogen (secondary N) is 1. The number of fused-ring (bicyclic) bond motifs is 2. The lowest BCUT2D eigenvalue weighted by atomic mass is 9.92. The predicted octanol–water partition coefficient (Wildman–Crippen LogP) is 2.50. The second kappa shape index (κ2) is 4.41. The van der Waals surface area contributed by atoms with E-state index in [4.69, 9.17) is 4.52 Å². The number of hydrogen-bond acceptors (Lipinski definition) is 4. The van der Waals surface area contributed by atoms with Crippen LogP contribution in [0.25, 0.3) is 21.7 Å². The summed E-state index contributed by atoms with van der Waals surface area (Å²) < 4.78 is 5.37. The van der Waals surface area contributed by atoms with Crippen molar-refractivity contribution in [1.82, 2.24) is 10.5 Å². The number of rotatable bonds is 1. The zero-order chi connectivity index (χ0) is 14.4. The Morgan fingerprint density at radius 1 is 1.14 bits per heavy atom. The Morgan fingerprint density at radius 2 is 1.90 bits per heavy atom. The summed E-state index contributed by atoms with van der Waals surface area (Å²) in [7, 11) is 0. The van der Waals surface area contributed by atoms with Gasteiger partial charge in [0.05, 0.1) is 5.92 Å². The number of amides is 2. The van der Waals surface area contributed by atoms with Crippen molar-refractivity contribution in [1.29, 1.82) is 0 Å². The predicted molar refractivity (Wildman–Crippen MR) is 76.6 cm³/mol. The molecule has 0 saturated carbocycles. The van der Waals surface area contributed by atoms with E-state index in [0.29, 0.717) is 24.1 Å². The van der Waals surface area contributed by atoms with E-state index in [2.05, 4.69) is 10.5 Å². The van der Waals surface area contributed by atoms with E-state index in [1.165, 1.54) is 0 Å². The van der Waals surface area contributed by atoms with Gasteiger partial charge in [-0.25, -0.2) is 0 Å². The first-order valence-electron chi connectivity index (χ1n) is 6.84. The van der Waals surface area contributed by atoms with Gasteiger partial charge in [0.25, 0.3) is 0 Å². The zero-order valence-corrected chi connectivity index (χ0v) is 11.1. The van der Waals surface area contributed by atoms with Crippen LogP contribution in [0, 0.1) is 0 Å². The third kappa shape index (κ3) is 1.89. The molecule has 3 aromatic rings. The molecule has 1 aliphatic rings. The molecule has 1 aromatic heterocycles. The summed E-state index contributed by atoms with van der Waals surface area (Å²) in [4.78, 5) is 23.2. The highest BCUT2D eigenvalue weighted by molar-refractivity contribution is 6.03. The van der Waals surface area contributed by atoms with Crippen LogP contribution >= 0.6 is 0 Å². The molecule has 0 unspecified atom stereocenters. The van der Waals surface area contributed by atoms with Crippen molar-refractivity contribution in [3.63, 3.8) is 0 Å². The van der Waals surface area contributed by atoms with E-state index in [9.17, 15) is 9.59 Å². The Morgan fingerprint density at radius 3 is 2.67 bits per heavy atom. The van der Waals surface area contributed by atoms with Crippen molar-refractivity contribution in [3.8, 4) is 0 Å². The zero-order valence-electron chi connectivity index (χ0n) is 11.1. The van der Waals surface area contributed by atoms with Crippen LogP contribution < -0.4 is 5.32 Å².